The molecule has 2 amide bonds. The van der Waals surface area contributed by atoms with E-state index in [1.165, 1.54) is 18.3 Å². The summed E-state index contributed by atoms with van der Waals surface area (Å²) < 4.78 is 18.6. The number of nitrogens with zero attached hydrogens (tertiary/aromatic N) is 7. The zero-order valence-corrected chi connectivity index (χ0v) is 39.4. The molecule has 7 rings (SSSR count). The van der Waals surface area contributed by atoms with E-state index in [1.807, 2.05) is 57.3 Å². The van der Waals surface area contributed by atoms with Gasteiger partial charge in [-0.3, -0.25) is 34.0 Å². The molecule has 0 radical (unpaired) electrons. The second-order valence-electron chi connectivity index (χ2n) is 16.6. The van der Waals surface area contributed by atoms with Gasteiger partial charge in [0.15, 0.2) is 10.9 Å². The first-order chi connectivity index (χ1) is 31.9. The molecule has 1 aliphatic carbocycles. The first-order valence-corrected chi connectivity index (χ1v) is 23.5. The number of nitrogens with one attached hydrogen (secondary N) is 4. The van der Waals surface area contributed by atoms with Gasteiger partial charge in [-0.2, -0.15) is 4.98 Å². The molecule has 2 aliphatic rings. The molecule has 1 aromatic carbocycles. The maximum atomic E-state index is 13.6. The highest BCUT2D eigenvalue weighted by Gasteiger charge is 2.26. The number of hydrogen-bond acceptors (Lipinski definition) is 16. The van der Waals surface area contributed by atoms with Crippen molar-refractivity contribution in [3.63, 3.8) is 0 Å². The monoisotopic (exact) mass is 923 g/mol. The van der Waals surface area contributed by atoms with Gasteiger partial charge in [0, 0.05) is 73.0 Å². The van der Waals surface area contributed by atoms with E-state index in [9.17, 15) is 19.2 Å². The van der Waals surface area contributed by atoms with Crippen LogP contribution in [0.15, 0.2) is 47.5 Å². The van der Waals surface area contributed by atoms with Gasteiger partial charge in [-0.05, 0) is 82.9 Å². The maximum Gasteiger partial charge on any atom is 0.263 e. The van der Waals surface area contributed by atoms with Gasteiger partial charge in [-0.1, -0.05) is 18.9 Å². The molecule has 66 heavy (non-hydrogen) atoms. The van der Waals surface area contributed by atoms with Crippen LogP contribution in [-0.2, 0) is 19.0 Å². The fourth-order valence-corrected chi connectivity index (χ4v) is 9.04. The zero-order valence-electron chi connectivity index (χ0n) is 38.5. The Hall–Kier alpha value is -5.86. The summed E-state index contributed by atoms with van der Waals surface area (Å²) in [5, 5.41) is 13.6. The largest absolute Gasteiger partial charge is 0.383 e. The average molecular weight is 924 g/mol. The summed E-state index contributed by atoms with van der Waals surface area (Å²) in [5.41, 5.74) is 5.27. The number of ether oxygens (including phenoxy) is 3. The molecule has 1 saturated carbocycles. The van der Waals surface area contributed by atoms with E-state index in [2.05, 4.69) is 46.0 Å². The quantitative estimate of drug-likeness (QED) is 0.0493. The Kier molecular flexibility index (Phi) is 16.8. The standard InChI is InChI=1S/C47H61N11O7S/c1-30-10-11-35(26-38(30)44(61)55-47-52-32(3)34(5)66-47)48-14-20-63-22-24-65-25-23-64-21-15-49-41(60)29-56-16-18-57(19-17-56)37-12-13-40(50-27-37)53-46-51-28-39-31(2)42(33(4)59)45(62)58(43(39)54-46)36-8-6-7-9-36/h10-13,26-28,36,48H,6-9,14-25,29H2,1-5H3,(H,49,60)(H,52,55,61)(H,50,51,53,54). The molecule has 4 aromatic heterocycles. The highest BCUT2D eigenvalue weighted by atomic mass is 32.1. The summed E-state index contributed by atoms with van der Waals surface area (Å²) >= 11 is 1.47. The number of carbonyl (C=O) groups excluding carboxylic acids is 3. The summed E-state index contributed by atoms with van der Waals surface area (Å²) in [5.74, 6) is 0.422. The van der Waals surface area contributed by atoms with E-state index in [0.29, 0.717) is 98.3 Å². The van der Waals surface area contributed by atoms with Crippen LogP contribution in [0.2, 0.25) is 0 Å². The van der Waals surface area contributed by atoms with Crippen molar-refractivity contribution in [3.8, 4) is 0 Å². The molecule has 4 N–H and O–H groups in total. The molecule has 1 aliphatic heterocycles. The molecule has 0 unspecified atom stereocenters. The highest BCUT2D eigenvalue weighted by molar-refractivity contribution is 7.15. The second kappa shape index (κ2) is 23.0. The van der Waals surface area contributed by atoms with E-state index in [1.54, 1.807) is 17.7 Å². The van der Waals surface area contributed by atoms with Gasteiger partial charge in [-0.15, -0.1) is 11.3 Å². The Labute approximate surface area is 388 Å². The van der Waals surface area contributed by atoms with E-state index < -0.39 is 0 Å². The Morgan fingerprint density at radius 2 is 1.55 bits per heavy atom. The third-order valence-corrected chi connectivity index (χ3v) is 13.0. The van der Waals surface area contributed by atoms with Gasteiger partial charge in [0.05, 0.1) is 69.3 Å². The van der Waals surface area contributed by atoms with Crippen LogP contribution in [0.25, 0.3) is 11.0 Å². The van der Waals surface area contributed by atoms with Crippen molar-refractivity contribution in [1.82, 2.24) is 34.7 Å². The number of hydrogen-bond donors (Lipinski definition) is 4. The number of rotatable bonds is 22. The van der Waals surface area contributed by atoms with Crippen LogP contribution in [0.5, 0.6) is 0 Å². The zero-order chi connectivity index (χ0) is 46.6. The fraction of sp³-hybridized carbons (Fsp3) is 0.489. The van der Waals surface area contributed by atoms with Crippen LogP contribution in [-0.4, -0.2) is 132 Å². The molecule has 2 fully saturated rings. The smallest absolute Gasteiger partial charge is 0.263 e. The predicted molar refractivity (Wildman–Crippen MR) is 257 cm³/mol. The van der Waals surface area contributed by atoms with Crippen molar-refractivity contribution in [3.05, 3.63) is 85.9 Å². The number of pyridine rings is 2. The summed E-state index contributed by atoms with van der Waals surface area (Å²) in [4.78, 5) is 75.3. The number of aromatic nitrogens is 5. The van der Waals surface area contributed by atoms with Crippen molar-refractivity contribution in [1.29, 1.82) is 0 Å². The number of carbonyl (C=O) groups is 3. The minimum atomic E-state index is -0.283. The number of Topliss-reactive ketones (excluding diaryl/α,β-unsaturated/α-hetero) is 1. The normalized spacial score (nSPS) is 14.5. The molecule has 5 heterocycles. The van der Waals surface area contributed by atoms with Gasteiger partial charge < -0.3 is 35.1 Å². The fourth-order valence-electron chi connectivity index (χ4n) is 8.23. The number of thiazole rings is 1. The minimum absolute atomic E-state index is 0.000477. The summed E-state index contributed by atoms with van der Waals surface area (Å²) in [6.45, 7) is 16.0. The lowest BCUT2D eigenvalue weighted by Crippen LogP contribution is -2.49. The van der Waals surface area contributed by atoms with Crippen molar-refractivity contribution in [2.75, 3.05) is 106 Å². The SMILES string of the molecule is CC(=O)c1c(C)c2cnc(Nc3ccc(N4CCN(CC(=O)NCCOCCOCCOCCNc5ccc(C)c(C(=O)Nc6nc(C)c(C)s6)c5)CC4)cn3)nc2n(C2CCCC2)c1=O. The lowest BCUT2D eigenvalue weighted by atomic mass is 10.0. The van der Waals surface area contributed by atoms with Crippen molar-refractivity contribution < 1.29 is 28.6 Å². The lowest BCUT2D eigenvalue weighted by molar-refractivity contribution is -0.122. The number of piperazine rings is 1. The molecular weight excluding hydrogens is 863 g/mol. The second-order valence-corrected chi connectivity index (χ2v) is 17.9. The Morgan fingerprint density at radius 3 is 2.21 bits per heavy atom. The first-order valence-electron chi connectivity index (χ1n) is 22.7. The van der Waals surface area contributed by atoms with Gasteiger partial charge in [0.25, 0.3) is 11.5 Å². The Morgan fingerprint density at radius 1 is 0.833 bits per heavy atom. The number of benzene rings is 1. The van der Waals surface area contributed by atoms with E-state index in [-0.39, 0.29) is 34.8 Å². The number of fused-ring (bicyclic) bond motifs is 1. The maximum absolute atomic E-state index is 13.6. The van der Waals surface area contributed by atoms with Crippen LogP contribution in [0.3, 0.4) is 0 Å². The van der Waals surface area contributed by atoms with Gasteiger partial charge in [0.1, 0.15) is 11.5 Å². The van der Waals surface area contributed by atoms with E-state index in [0.717, 1.165) is 79.4 Å². The number of aryl methyl sites for hydroxylation is 4. The topological polar surface area (TPSA) is 207 Å². The molecule has 0 spiro atoms. The van der Waals surface area contributed by atoms with Crippen molar-refractivity contribution in [2.45, 2.75) is 66.3 Å². The van der Waals surface area contributed by atoms with Crippen LogP contribution in [0.1, 0.15) is 81.1 Å². The number of ketones is 1. The first kappa shape index (κ1) is 48.1. The van der Waals surface area contributed by atoms with Crippen molar-refractivity contribution >= 4 is 68.2 Å². The molecular formula is C47H61N11O7S. The molecule has 0 bridgehead atoms. The van der Waals surface area contributed by atoms with E-state index >= 15 is 0 Å². The predicted octanol–water partition coefficient (Wildman–Crippen LogP) is 5.59. The van der Waals surface area contributed by atoms with Crippen LogP contribution < -0.4 is 31.7 Å². The molecule has 5 aromatic rings. The van der Waals surface area contributed by atoms with Crippen LogP contribution >= 0.6 is 11.3 Å². The molecule has 18 nitrogen and oxygen atoms in total. The average Bonchev–Trinajstić information content (AvgIpc) is 3.94. The Balaban J connectivity index is 0.725. The minimum Gasteiger partial charge on any atom is -0.383 e. The van der Waals surface area contributed by atoms with Crippen molar-refractivity contribution in [2.24, 2.45) is 0 Å². The third kappa shape index (κ3) is 12.5. The van der Waals surface area contributed by atoms with Crippen LogP contribution in [0, 0.1) is 27.7 Å². The molecule has 352 valence electrons. The number of anilines is 5. The molecule has 1 saturated heterocycles. The third-order valence-electron chi connectivity index (χ3n) is 12.0. The van der Waals surface area contributed by atoms with Gasteiger partial charge in [-0.25, -0.2) is 15.0 Å². The highest BCUT2D eigenvalue weighted by Crippen LogP contribution is 2.32. The Bertz CT molecular complexity index is 2510. The van der Waals surface area contributed by atoms with Gasteiger partial charge in [0.2, 0.25) is 11.9 Å². The lowest BCUT2D eigenvalue weighted by Gasteiger charge is -2.35. The molecule has 0 atom stereocenters. The van der Waals surface area contributed by atoms with Crippen LogP contribution in [0.4, 0.5) is 28.3 Å². The summed E-state index contributed by atoms with van der Waals surface area (Å²) in [6, 6.07) is 9.57. The summed E-state index contributed by atoms with van der Waals surface area (Å²) in [6.07, 6.45) is 7.30. The summed E-state index contributed by atoms with van der Waals surface area (Å²) in [7, 11) is 0. The number of amides is 2. The molecule has 19 heteroatoms. The van der Waals surface area contributed by atoms with E-state index in [4.69, 9.17) is 19.2 Å². The van der Waals surface area contributed by atoms with Gasteiger partial charge >= 0.3 is 0 Å².